The number of carbonyl (C=O) groups is 1. The Morgan fingerprint density at radius 3 is 2.66 bits per heavy atom. The second-order valence-corrected chi connectivity index (χ2v) is 10.5. The topological polar surface area (TPSA) is 94.2 Å². The summed E-state index contributed by atoms with van der Waals surface area (Å²) in [6.07, 6.45) is 0.658. The van der Waals surface area contributed by atoms with Gasteiger partial charge in [0.1, 0.15) is 5.75 Å². The van der Waals surface area contributed by atoms with Crippen molar-refractivity contribution in [2.45, 2.75) is 24.4 Å². The van der Waals surface area contributed by atoms with Crippen LogP contribution in [-0.2, 0) is 34.3 Å². The highest BCUT2D eigenvalue weighted by atomic mass is 35.5. The molecule has 10 heteroatoms. The molecule has 35 heavy (non-hydrogen) atoms. The van der Waals surface area contributed by atoms with E-state index in [4.69, 9.17) is 25.8 Å². The lowest BCUT2D eigenvalue weighted by Gasteiger charge is -2.28. The van der Waals surface area contributed by atoms with Crippen LogP contribution in [0, 0.1) is 0 Å². The van der Waals surface area contributed by atoms with Gasteiger partial charge in [0.15, 0.2) is 18.1 Å². The van der Waals surface area contributed by atoms with Crippen molar-refractivity contribution in [1.29, 1.82) is 0 Å². The highest BCUT2D eigenvalue weighted by molar-refractivity contribution is 7.89. The molecule has 0 bridgehead atoms. The summed E-state index contributed by atoms with van der Waals surface area (Å²) >= 11 is 6.30. The number of hydrogen-bond acceptors (Lipinski definition) is 6. The maximum atomic E-state index is 13.2. The van der Waals surface area contributed by atoms with Crippen LogP contribution >= 0.6 is 11.6 Å². The van der Waals surface area contributed by atoms with Crippen LogP contribution in [-0.4, -0.2) is 38.6 Å². The third-order valence-corrected chi connectivity index (χ3v) is 8.06. The molecule has 0 radical (unpaired) electrons. The Labute approximate surface area is 208 Å². The fourth-order valence-corrected chi connectivity index (χ4v) is 5.77. The van der Waals surface area contributed by atoms with Crippen LogP contribution in [0.15, 0.2) is 65.6 Å². The number of nitrogens with zero attached hydrogens (tertiary/aromatic N) is 1. The molecule has 2 aliphatic heterocycles. The molecule has 0 saturated heterocycles. The Morgan fingerprint density at radius 2 is 1.83 bits per heavy atom. The number of rotatable bonds is 7. The van der Waals surface area contributed by atoms with Gasteiger partial charge in [0.25, 0.3) is 5.91 Å². The first-order chi connectivity index (χ1) is 16.9. The van der Waals surface area contributed by atoms with E-state index in [1.165, 1.54) is 22.5 Å². The fraction of sp³-hybridized carbons (Fsp3) is 0.240. The summed E-state index contributed by atoms with van der Waals surface area (Å²) in [6, 6.07) is 17.5. The van der Waals surface area contributed by atoms with Gasteiger partial charge in [-0.2, -0.15) is 4.31 Å². The number of nitrogens with one attached hydrogen (secondary N) is 1. The van der Waals surface area contributed by atoms with Crippen molar-refractivity contribution in [3.8, 4) is 17.2 Å². The van der Waals surface area contributed by atoms with Crippen LogP contribution in [0.4, 0.5) is 0 Å². The van der Waals surface area contributed by atoms with E-state index in [0.29, 0.717) is 37.6 Å². The molecule has 1 N–H and O–H groups in total. The molecule has 0 aliphatic carbocycles. The number of fused-ring (bicyclic) bond motifs is 2. The van der Waals surface area contributed by atoms with E-state index >= 15 is 0 Å². The SMILES string of the molecule is O=C(COc1ccc(S(=O)(=O)N2CCc3ccccc3C2)cc1Cl)NCc1ccc2c(c1)OCO2. The predicted octanol–water partition coefficient (Wildman–Crippen LogP) is 3.51. The number of sulfonamides is 1. The highest BCUT2D eigenvalue weighted by Gasteiger charge is 2.28. The fourth-order valence-electron chi connectivity index (χ4n) is 4.03. The van der Waals surface area contributed by atoms with Crippen LogP contribution in [0.25, 0.3) is 0 Å². The number of carbonyl (C=O) groups excluding carboxylic acids is 1. The van der Waals surface area contributed by atoms with Gasteiger partial charge in [0.2, 0.25) is 16.8 Å². The Balaban J connectivity index is 1.18. The second kappa shape index (κ2) is 9.77. The molecule has 3 aromatic rings. The summed E-state index contributed by atoms with van der Waals surface area (Å²) in [5, 5.41) is 2.88. The molecule has 0 spiro atoms. The van der Waals surface area contributed by atoms with Crippen LogP contribution in [0.5, 0.6) is 17.2 Å². The van der Waals surface area contributed by atoms with E-state index < -0.39 is 10.0 Å². The average molecular weight is 515 g/mol. The molecule has 0 unspecified atom stereocenters. The summed E-state index contributed by atoms with van der Waals surface area (Å²) in [5.74, 6) is 1.20. The normalized spacial score (nSPS) is 14.9. The zero-order chi connectivity index (χ0) is 24.4. The second-order valence-electron chi connectivity index (χ2n) is 8.20. The Bertz CT molecular complexity index is 1380. The average Bonchev–Trinajstić information content (AvgIpc) is 3.34. The molecule has 0 fully saturated rings. The maximum Gasteiger partial charge on any atom is 0.258 e. The molecule has 0 atom stereocenters. The van der Waals surface area contributed by atoms with Gasteiger partial charge in [-0.15, -0.1) is 0 Å². The third-order valence-electron chi connectivity index (χ3n) is 5.92. The standard InChI is InChI=1S/C25H23ClN2O6S/c26-21-12-20(35(30,31)28-10-9-18-3-1-2-4-19(18)14-28)6-8-22(21)32-15-25(29)27-13-17-5-7-23-24(11-17)34-16-33-23/h1-8,11-12H,9-10,13-16H2,(H,27,29). The lowest BCUT2D eigenvalue weighted by atomic mass is 10.0. The number of hydrogen-bond donors (Lipinski definition) is 1. The van der Waals surface area contributed by atoms with E-state index in [2.05, 4.69) is 5.32 Å². The summed E-state index contributed by atoms with van der Waals surface area (Å²) in [5.41, 5.74) is 3.02. The zero-order valence-electron chi connectivity index (χ0n) is 18.7. The van der Waals surface area contributed by atoms with Crippen molar-refractivity contribution in [1.82, 2.24) is 9.62 Å². The maximum absolute atomic E-state index is 13.2. The lowest BCUT2D eigenvalue weighted by Crippen LogP contribution is -2.35. The molecule has 0 saturated carbocycles. The van der Waals surface area contributed by atoms with E-state index in [1.54, 1.807) is 12.1 Å². The monoisotopic (exact) mass is 514 g/mol. The minimum absolute atomic E-state index is 0.0847. The van der Waals surface area contributed by atoms with Gasteiger partial charge in [-0.1, -0.05) is 41.9 Å². The van der Waals surface area contributed by atoms with Crippen LogP contribution < -0.4 is 19.5 Å². The summed E-state index contributed by atoms with van der Waals surface area (Å²) in [7, 11) is -3.72. The van der Waals surface area contributed by atoms with Crippen molar-refractivity contribution in [2.75, 3.05) is 19.9 Å². The first-order valence-electron chi connectivity index (χ1n) is 11.0. The quantitative estimate of drug-likeness (QED) is 0.518. The summed E-state index contributed by atoms with van der Waals surface area (Å²) in [6.45, 7) is 0.935. The van der Waals surface area contributed by atoms with Crippen molar-refractivity contribution < 1.29 is 27.4 Å². The smallest absolute Gasteiger partial charge is 0.258 e. The zero-order valence-corrected chi connectivity index (χ0v) is 20.3. The van der Waals surface area contributed by atoms with E-state index in [-0.39, 0.29) is 35.0 Å². The molecule has 2 aliphatic rings. The van der Waals surface area contributed by atoms with Crippen molar-refractivity contribution in [3.05, 3.63) is 82.4 Å². The van der Waals surface area contributed by atoms with Crippen LogP contribution in [0.1, 0.15) is 16.7 Å². The van der Waals surface area contributed by atoms with Gasteiger partial charge in [-0.3, -0.25) is 4.79 Å². The van der Waals surface area contributed by atoms with Gasteiger partial charge < -0.3 is 19.5 Å². The van der Waals surface area contributed by atoms with Gasteiger partial charge >= 0.3 is 0 Å². The number of benzene rings is 3. The van der Waals surface area contributed by atoms with Gasteiger partial charge in [0.05, 0.1) is 9.92 Å². The Morgan fingerprint density at radius 1 is 1.03 bits per heavy atom. The van der Waals surface area contributed by atoms with Gasteiger partial charge in [0, 0.05) is 19.6 Å². The van der Waals surface area contributed by atoms with Crippen LogP contribution in [0.2, 0.25) is 5.02 Å². The van der Waals surface area contributed by atoms with Gasteiger partial charge in [-0.25, -0.2) is 8.42 Å². The van der Waals surface area contributed by atoms with Crippen molar-refractivity contribution in [2.24, 2.45) is 0 Å². The molecule has 2 heterocycles. The number of ether oxygens (including phenoxy) is 3. The van der Waals surface area contributed by atoms with Gasteiger partial charge in [-0.05, 0) is 53.4 Å². The molecular weight excluding hydrogens is 492 g/mol. The summed E-state index contributed by atoms with van der Waals surface area (Å²) in [4.78, 5) is 12.3. The number of halogens is 1. The first-order valence-corrected chi connectivity index (χ1v) is 12.9. The molecular formula is C25H23ClN2O6S. The van der Waals surface area contributed by atoms with E-state index in [9.17, 15) is 13.2 Å². The lowest BCUT2D eigenvalue weighted by molar-refractivity contribution is -0.123. The first kappa shape index (κ1) is 23.5. The minimum atomic E-state index is -3.72. The van der Waals surface area contributed by atoms with Crippen molar-refractivity contribution >= 4 is 27.5 Å². The van der Waals surface area contributed by atoms with Crippen molar-refractivity contribution in [3.63, 3.8) is 0 Å². The Kier molecular flexibility index (Phi) is 6.55. The predicted molar refractivity (Wildman–Crippen MR) is 129 cm³/mol. The molecule has 182 valence electrons. The Hall–Kier alpha value is -3.27. The molecule has 1 amide bonds. The largest absolute Gasteiger partial charge is 0.482 e. The summed E-state index contributed by atoms with van der Waals surface area (Å²) < 4.78 is 43.9. The minimum Gasteiger partial charge on any atom is -0.482 e. The third kappa shape index (κ3) is 5.07. The molecule has 5 rings (SSSR count). The highest BCUT2D eigenvalue weighted by Crippen LogP contribution is 2.33. The van der Waals surface area contributed by atoms with Crippen LogP contribution in [0.3, 0.4) is 0 Å². The van der Waals surface area contributed by atoms with E-state index in [1.807, 2.05) is 30.3 Å². The molecule has 8 nitrogen and oxygen atoms in total. The van der Waals surface area contributed by atoms with E-state index in [0.717, 1.165) is 16.7 Å². The molecule has 3 aromatic carbocycles. The molecule has 0 aromatic heterocycles. The number of amides is 1.